The van der Waals surface area contributed by atoms with Gasteiger partial charge in [0, 0.05) is 33.4 Å². The van der Waals surface area contributed by atoms with Gasteiger partial charge in [0.25, 0.3) is 5.56 Å². The van der Waals surface area contributed by atoms with Crippen LogP contribution in [0.25, 0.3) is 10.2 Å². The van der Waals surface area contributed by atoms with E-state index in [0.717, 1.165) is 71.0 Å². The van der Waals surface area contributed by atoms with E-state index in [0.29, 0.717) is 23.9 Å². The third kappa shape index (κ3) is 3.76. The van der Waals surface area contributed by atoms with Crippen LogP contribution < -0.4 is 10.3 Å². The lowest BCUT2D eigenvalue weighted by atomic mass is 10.1. The van der Waals surface area contributed by atoms with Crippen molar-refractivity contribution < 1.29 is 14.2 Å². The zero-order valence-corrected chi connectivity index (χ0v) is 19.9. The normalized spacial score (nSPS) is 19.8. The van der Waals surface area contributed by atoms with E-state index in [4.69, 9.17) is 30.8 Å². The molecule has 2 aromatic heterocycles. The van der Waals surface area contributed by atoms with Gasteiger partial charge in [0.2, 0.25) is 0 Å². The van der Waals surface area contributed by atoms with Gasteiger partial charge in [-0.2, -0.15) is 0 Å². The van der Waals surface area contributed by atoms with Crippen molar-refractivity contribution in [2.45, 2.75) is 62.3 Å². The number of thioether (sulfide) groups is 1. The van der Waals surface area contributed by atoms with Crippen LogP contribution in [0.3, 0.4) is 0 Å². The van der Waals surface area contributed by atoms with Crippen molar-refractivity contribution in [1.29, 1.82) is 0 Å². The van der Waals surface area contributed by atoms with Crippen molar-refractivity contribution in [3.63, 3.8) is 0 Å². The lowest BCUT2D eigenvalue weighted by Gasteiger charge is -2.21. The van der Waals surface area contributed by atoms with E-state index in [1.165, 1.54) is 10.4 Å². The molecule has 1 fully saturated rings. The number of ether oxygens (including phenoxy) is 3. The average molecular weight is 491 g/mol. The molecule has 6 nitrogen and oxygen atoms in total. The molecular formula is C23H23ClN2O4S2. The number of aryl methyl sites for hydroxylation is 2. The Balaban J connectivity index is 1.39. The molecule has 1 atom stereocenters. The van der Waals surface area contributed by atoms with Crippen LogP contribution in [-0.2, 0) is 41.2 Å². The highest BCUT2D eigenvalue weighted by Gasteiger charge is 2.26. The molecule has 0 unspecified atom stereocenters. The number of hydrogen-bond acceptors (Lipinski definition) is 7. The number of thiophene rings is 1. The number of rotatable bonds is 5. The highest BCUT2D eigenvalue weighted by Crippen LogP contribution is 2.38. The third-order valence-corrected chi connectivity index (χ3v) is 8.74. The monoisotopic (exact) mass is 490 g/mol. The van der Waals surface area contributed by atoms with Crippen molar-refractivity contribution in [3.8, 4) is 5.75 Å². The molecule has 9 heteroatoms. The van der Waals surface area contributed by atoms with Crippen LogP contribution in [0.15, 0.2) is 22.1 Å². The van der Waals surface area contributed by atoms with E-state index in [9.17, 15) is 4.79 Å². The quantitative estimate of drug-likeness (QED) is 0.373. The topological polar surface area (TPSA) is 62.6 Å². The van der Waals surface area contributed by atoms with Crippen molar-refractivity contribution >= 4 is 44.9 Å². The number of hydrogen-bond donors (Lipinski definition) is 0. The lowest BCUT2D eigenvalue weighted by molar-refractivity contribution is -0.0168. The number of aromatic nitrogens is 2. The minimum absolute atomic E-state index is 0.0670. The summed E-state index contributed by atoms with van der Waals surface area (Å²) >= 11 is 9.59. The van der Waals surface area contributed by atoms with E-state index < -0.39 is 0 Å². The summed E-state index contributed by atoms with van der Waals surface area (Å²) in [4.78, 5) is 20.8. The van der Waals surface area contributed by atoms with Gasteiger partial charge in [-0.15, -0.1) is 11.3 Å². The van der Waals surface area contributed by atoms with Crippen LogP contribution >= 0.6 is 34.7 Å². The van der Waals surface area contributed by atoms with Gasteiger partial charge < -0.3 is 14.2 Å². The van der Waals surface area contributed by atoms with Crippen LogP contribution in [0, 0.1) is 0 Å². The molecule has 1 aliphatic carbocycles. The molecule has 1 saturated heterocycles. The summed E-state index contributed by atoms with van der Waals surface area (Å²) in [6, 6.07) is 3.81. The minimum Gasteiger partial charge on any atom is -0.467 e. The largest absolute Gasteiger partial charge is 0.467 e. The Hall–Kier alpha value is -1.58. The molecule has 3 aliphatic rings. The number of benzene rings is 1. The van der Waals surface area contributed by atoms with Gasteiger partial charge in [0.1, 0.15) is 10.6 Å². The molecule has 0 saturated carbocycles. The number of fused-ring (bicyclic) bond motifs is 4. The van der Waals surface area contributed by atoms with Crippen molar-refractivity contribution in [3.05, 3.63) is 49.1 Å². The first kappa shape index (κ1) is 21.0. The first-order valence-electron chi connectivity index (χ1n) is 11.0. The Morgan fingerprint density at radius 1 is 1.28 bits per heavy atom. The second kappa shape index (κ2) is 8.65. The fraction of sp³-hybridized carbons (Fsp3) is 0.478. The van der Waals surface area contributed by atoms with Crippen molar-refractivity contribution in [2.75, 3.05) is 13.4 Å². The first-order chi connectivity index (χ1) is 15.7. The standard InChI is InChI=1S/C23H23ClN2O4S2/c24-15-7-13-10-28-12-30-20(13)14(8-15)11-31-23-25-21-19(17-4-1-5-18(17)32-21)22(27)26(23)9-16-3-2-6-29-16/h7-8,16H,1-6,9-12H2/t16-/m0/s1. The Morgan fingerprint density at radius 2 is 2.22 bits per heavy atom. The summed E-state index contributed by atoms with van der Waals surface area (Å²) < 4.78 is 18.9. The highest BCUT2D eigenvalue weighted by atomic mass is 35.5. The second-order valence-corrected chi connectivity index (χ2v) is 10.9. The van der Waals surface area contributed by atoms with Crippen LogP contribution in [0.1, 0.15) is 40.8 Å². The molecular weight excluding hydrogens is 468 g/mol. The second-order valence-electron chi connectivity index (χ2n) is 8.44. The van der Waals surface area contributed by atoms with Gasteiger partial charge >= 0.3 is 0 Å². The zero-order chi connectivity index (χ0) is 21.7. The predicted octanol–water partition coefficient (Wildman–Crippen LogP) is 4.94. The lowest BCUT2D eigenvalue weighted by Crippen LogP contribution is -2.28. The molecule has 6 rings (SSSR count). The van der Waals surface area contributed by atoms with Crippen molar-refractivity contribution in [1.82, 2.24) is 9.55 Å². The third-order valence-electron chi connectivity index (χ3n) is 6.31. The molecule has 4 heterocycles. The van der Waals surface area contributed by atoms with Crippen LogP contribution in [0.5, 0.6) is 5.75 Å². The van der Waals surface area contributed by atoms with E-state index in [1.807, 2.05) is 16.7 Å². The molecule has 0 N–H and O–H groups in total. The summed E-state index contributed by atoms with van der Waals surface area (Å²) in [6.07, 6.45) is 5.25. The fourth-order valence-electron chi connectivity index (χ4n) is 4.83. The van der Waals surface area contributed by atoms with Gasteiger partial charge in [-0.1, -0.05) is 23.4 Å². The Labute approximate surface area is 198 Å². The van der Waals surface area contributed by atoms with Gasteiger partial charge in [-0.3, -0.25) is 9.36 Å². The number of halogens is 1. The van der Waals surface area contributed by atoms with Crippen LogP contribution in [0.2, 0.25) is 5.02 Å². The van der Waals surface area contributed by atoms with E-state index in [1.54, 1.807) is 23.1 Å². The van der Waals surface area contributed by atoms with Gasteiger partial charge in [-0.05, 0) is 49.8 Å². The van der Waals surface area contributed by atoms with E-state index >= 15 is 0 Å². The van der Waals surface area contributed by atoms with E-state index in [2.05, 4.69) is 0 Å². The van der Waals surface area contributed by atoms with Gasteiger partial charge in [0.15, 0.2) is 11.9 Å². The molecule has 32 heavy (non-hydrogen) atoms. The maximum absolute atomic E-state index is 13.7. The smallest absolute Gasteiger partial charge is 0.263 e. The Kier molecular flexibility index (Phi) is 5.67. The van der Waals surface area contributed by atoms with Gasteiger partial charge in [0.05, 0.1) is 24.6 Å². The summed E-state index contributed by atoms with van der Waals surface area (Å²) in [5.41, 5.74) is 3.24. The average Bonchev–Trinajstić information content (AvgIpc) is 3.52. The maximum atomic E-state index is 13.7. The molecule has 2 aliphatic heterocycles. The summed E-state index contributed by atoms with van der Waals surface area (Å²) in [5, 5.41) is 2.22. The maximum Gasteiger partial charge on any atom is 0.263 e. The molecule has 0 radical (unpaired) electrons. The molecule has 0 bridgehead atoms. The zero-order valence-electron chi connectivity index (χ0n) is 17.5. The first-order valence-corrected chi connectivity index (χ1v) is 13.2. The minimum atomic E-state index is 0.0670. The molecule has 168 valence electrons. The molecule has 1 aromatic carbocycles. The highest BCUT2D eigenvalue weighted by molar-refractivity contribution is 7.98. The summed E-state index contributed by atoms with van der Waals surface area (Å²) in [5.74, 6) is 1.44. The Morgan fingerprint density at radius 3 is 3.09 bits per heavy atom. The van der Waals surface area contributed by atoms with Crippen LogP contribution in [0.4, 0.5) is 0 Å². The van der Waals surface area contributed by atoms with Crippen LogP contribution in [-0.4, -0.2) is 29.1 Å². The van der Waals surface area contributed by atoms with Gasteiger partial charge in [-0.25, -0.2) is 4.98 Å². The fourth-order valence-corrected chi connectivity index (χ4v) is 7.37. The molecule has 0 amide bonds. The molecule has 0 spiro atoms. The Bertz CT molecular complexity index is 1250. The number of nitrogens with zero attached hydrogens (tertiary/aromatic N) is 2. The van der Waals surface area contributed by atoms with E-state index in [-0.39, 0.29) is 18.5 Å². The SMILES string of the molecule is O=c1c2c3c(sc2nc(SCc2cc(Cl)cc4c2OCOC4)n1C[C@@H]1CCCO1)CCC3. The summed E-state index contributed by atoms with van der Waals surface area (Å²) in [7, 11) is 0. The predicted molar refractivity (Wildman–Crippen MR) is 126 cm³/mol. The summed E-state index contributed by atoms with van der Waals surface area (Å²) in [6.45, 7) is 2.04. The molecule has 3 aromatic rings. The van der Waals surface area contributed by atoms with Crippen molar-refractivity contribution in [2.24, 2.45) is 0 Å².